The average Bonchev–Trinajstić information content (AvgIpc) is 2.68. The molecule has 1 rings (SSSR count). The molecule has 1 aromatic rings. The van der Waals surface area contributed by atoms with E-state index in [9.17, 15) is 14.0 Å². The summed E-state index contributed by atoms with van der Waals surface area (Å²) >= 11 is 0. The Morgan fingerprint density at radius 1 is 1.41 bits per heavy atom. The number of Topliss-reactive ketones (excluding diaryl/α,β-unsaturated/α-hetero) is 1. The lowest BCUT2D eigenvalue weighted by Gasteiger charge is -2.25. The Morgan fingerprint density at radius 3 is 2.76 bits per heavy atom. The Morgan fingerprint density at radius 2 is 2.14 bits per heavy atom. The number of carbonyl (C=O) groups excluding carboxylic acids is 2. The third-order valence-corrected chi connectivity index (χ3v) is 4.15. The fraction of sp³-hybridized carbons (Fsp3) is 0.500. The van der Waals surface area contributed by atoms with Crippen molar-refractivity contribution in [2.24, 2.45) is 10.7 Å². The van der Waals surface area contributed by atoms with E-state index >= 15 is 0 Å². The first-order valence-corrected chi connectivity index (χ1v) is 9.12. The van der Waals surface area contributed by atoms with Gasteiger partial charge in [-0.3, -0.25) is 14.6 Å². The number of aliphatic imine (C=N–C) groups is 1. The second-order valence-electron chi connectivity index (χ2n) is 6.80. The number of hydrogen-bond acceptors (Lipinski definition) is 6. The maximum absolute atomic E-state index is 13.2. The highest BCUT2D eigenvalue weighted by molar-refractivity contribution is 5.92. The standard InChI is InChI=1S/C20H27FN4O4/c1-20(2,28-3)19(27)25-16(8-5-11-24-18(23)9-10-22)17(26)13-29-15-7-4-6-14(21)12-15/h4,6-7,12,16H,5,8-9,11,13H2,1-3H3,(H2,23,24)(H,25,27). The van der Waals surface area contributed by atoms with Gasteiger partial charge in [0.15, 0.2) is 5.78 Å². The molecule has 0 aromatic heterocycles. The lowest BCUT2D eigenvalue weighted by atomic mass is 10.0. The van der Waals surface area contributed by atoms with Gasteiger partial charge in [-0.15, -0.1) is 0 Å². The van der Waals surface area contributed by atoms with Gasteiger partial charge in [0, 0.05) is 19.7 Å². The van der Waals surface area contributed by atoms with E-state index < -0.39 is 23.4 Å². The molecule has 1 aromatic carbocycles. The number of hydrogen-bond donors (Lipinski definition) is 2. The van der Waals surface area contributed by atoms with Gasteiger partial charge < -0.3 is 20.5 Å². The van der Waals surface area contributed by atoms with Crippen molar-refractivity contribution in [3.8, 4) is 11.8 Å². The molecule has 0 radical (unpaired) electrons. The number of nitriles is 1. The number of halogens is 1. The summed E-state index contributed by atoms with van der Waals surface area (Å²) in [5.41, 5.74) is 4.45. The van der Waals surface area contributed by atoms with Gasteiger partial charge in [0.25, 0.3) is 5.91 Å². The Kier molecular flexibility index (Phi) is 9.75. The molecule has 8 nitrogen and oxygen atoms in total. The normalized spacial score (nSPS) is 12.7. The minimum Gasteiger partial charge on any atom is -0.486 e. The van der Waals surface area contributed by atoms with Gasteiger partial charge in [-0.1, -0.05) is 6.07 Å². The predicted octanol–water partition coefficient (Wildman–Crippen LogP) is 1.73. The van der Waals surface area contributed by atoms with Crippen molar-refractivity contribution < 1.29 is 23.5 Å². The van der Waals surface area contributed by atoms with Gasteiger partial charge in [-0.25, -0.2) is 4.39 Å². The molecular weight excluding hydrogens is 379 g/mol. The molecular formula is C20H27FN4O4. The van der Waals surface area contributed by atoms with Crippen molar-refractivity contribution in [1.82, 2.24) is 5.32 Å². The van der Waals surface area contributed by atoms with Crippen molar-refractivity contribution in [3.05, 3.63) is 30.1 Å². The van der Waals surface area contributed by atoms with Crippen molar-refractivity contribution in [2.75, 3.05) is 20.3 Å². The van der Waals surface area contributed by atoms with Crippen molar-refractivity contribution in [3.63, 3.8) is 0 Å². The van der Waals surface area contributed by atoms with E-state index in [1.165, 1.54) is 31.4 Å². The summed E-state index contributed by atoms with van der Waals surface area (Å²) in [6.07, 6.45) is 0.777. The smallest absolute Gasteiger partial charge is 0.252 e. The zero-order valence-corrected chi connectivity index (χ0v) is 16.9. The summed E-state index contributed by atoms with van der Waals surface area (Å²) in [4.78, 5) is 29.0. The van der Waals surface area contributed by atoms with Gasteiger partial charge >= 0.3 is 0 Å². The number of rotatable bonds is 12. The van der Waals surface area contributed by atoms with E-state index in [0.717, 1.165) is 0 Å². The van der Waals surface area contributed by atoms with E-state index in [0.29, 0.717) is 19.4 Å². The fourth-order valence-electron chi connectivity index (χ4n) is 2.21. The molecule has 0 aliphatic rings. The number of nitrogens with one attached hydrogen (secondary N) is 1. The molecule has 3 N–H and O–H groups in total. The van der Waals surface area contributed by atoms with Crippen molar-refractivity contribution >= 4 is 17.5 Å². The third kappa shape index (κ3) is 8.70. The van der Waals surface area contributed by atoms with E-state index in [-0.39, 0.29) is 30.4 Å². The molecule has 1 amide bonds. The van der Waals surface area contributed by atoms with Gasteiger partial charge in [0.1, 0.15) is 29.6 Å². The Bertz CT molecular complexity index is 774. The minimum absolute atomic E-state index is 0.0304. The van der Waals surface area contributed by atoms with Crippen LogP contribution in [0, 0.1) is 17.1 Å². The van der Waals surface area contributed by atoms with Crippen molar-refractivity contribution in [1.29, 1.82) is 5.26 Å². The van der Waals surface area contributed by atoms with Crippen LogP contribution in [0.5, 0.6) is 5.75 Å². The monoisotopic (exact) mass is 406 g/mol. The first kappa shape index (κ1) is 24.0. The Hall–Kier alpha value is -2.99. The predicted molar refractivity (Wildman–Crippen MR) is 106 cm³/mol. The Balaban J connectivity index is 2.74. The van der Waals surface area contributed by atoms with Gasteiger partial charge in [-0.2, -0.15) is 5.26 Å². The van der Waals surface area contributed by atoms with Crippen molar-refractivity contribution in [2.45, 2.75) is 44.8 Å². The first-order chi connectivity index (χ1) is 13.7. The zero-order chi connectivity index (χ0) is 21.9. The lowest BCUT2D eigenvalue weighted by molar-refractivity contribution is -0.142. The number of ether oxygens (including phenoxy) is 2. The summed E-state index contributed by atoms with van der Waals surface area (Å²) in [7, 11) is 1.40. The summed E-state index contributed by atoms with van der Waals surface area (Å²) in [6.45, 7) is 3.15. The van der Waals surface area contributed by atoms with E-state index in [1.54, 1.807) is 13.8 Å². The van der Waals surface area contributed by atoms with Crippen LogP contribution in [0.2, 0.25) is 0 Å². The molecule has 0 heterocycles. The molecule has 0 aliphatic carbocycles. The number of nitrogens with zero attached hydrogens (tertiary/aromatic N) is 2. The average molecular weight is 406 g/mol. The molecule has 29 heavy (non-hydrogen) atoms. The summed E-state index contributed by atoms with van der Waals surface area (Å²) in [5, 5.41) is 11.2. The maximum Gasteiger partial charge on any atom is 0.252 e. The largest absolute Gasteiger partial charge is 0.486 e. The molecule has 1 atom stereocenters. The minimum atomic E-state index is -1.11. The fourth-order valence-corrected chi connectivity index (χ4v) is 2.21. The molecule has 158 valence electrons. The number of ketones is 1. The van der Waals surface area contributed by atoms with Crippen LogP contribution in [0.3, 0.4) is 0 Å². The molecule has 0 saturated carbocycles. The van der Waals surface area contributed by atoms with Crippen LogP contribution in [-0.4, -0.2) is 49.4 Å². The van der Waals surface area contributed by atoms with Gasteiger partial charge in [0.2, 0.25) is 0 Å². The zero-order valence-electron chi connectivity index (χ0n) is 16.9. The SMILES string of the molecule is COC(C)(C)C(=O)NC(CCCN=C(N)CC#N)C(=O)COc1cccc(F)c1. The quantitative estimate of drug-likeness (QED) is 0.309. The number of carbonyl (C=O) groups is 2. The van der Waals surface area contributed by atoms with Crippen LogP contribution in [0.25, 0.3) is 0 Å². The molecule has 0 aliphatic heterocycles. The number of amidine groups is 1. The highest BCUT2D eigenvalue weighted by Gasteiger charge is 2.31. The molecule has 0 fully saturated rings. The van der Waals surface area contributed by atoms with Crippen LogP contribution in [0.15, 0.2) is 29.3 Å². The van der Waals surface area contributed by atoms with Gasteiger partial charge in [-0.05, 0) is 38.8 Å². The van der Waals surface area contributed by atoms with E-state index in [2.05, 4.69) is 10.3 Å². The molecule has 9 heteroatoms. The summed E-state index contributed by atoms with van der Waals surface area (Å²) in [6, 6.07) is 6.50. The number of amides is 1. The molecule has 1 unspecified atom stereocenters. The van der Waals surface area contributed by atoms with Crippen LogP contribution >= 0.6 is 0 Å². The van der Waals surface area contributed by atoms with Crippen LogP contribution in [0.1, 0.15) is 33.1 Å². The van der Waals surface area contributed by atoms with Crippen LogP contribution in [-0.2, 0) is 14.3 Å². The molecule has 0 bridgehead atoms. The molecule has 0 saturated heterocycles. The lowest BCUT2D eigenvalue weighted by Crippen LogP contribution is -2.51. The number of methoxy groups -OCH3 is 1. The second-order valence-corrected chi connectivity index (χ2v) is 6.80. The highest BCUT2D eigenvalue weighted by Crippen LogP contribution is 2.13. The van der Waals surface area contributed by atoms with Crippen LogP contribution in [0.4, 0.5) is 4.39 Å². The van der Waals surface area contributed by atoms with E-state index in [1.807, 2.05) is 6.07 Å². The number of benzene rings is 1. The summed E-state index contributed by atoms with van der Waals surface area (Å²) < 4.78 is 23.7. The highest BCUT2D eigenvalue weighted by atomic mass is 19.1. The Labute approximate surface area is 169 Å². The third-order valence-electron chi connectivity index (χ3n) is 4.15. The van der Waals surface area contributed by atoms with E-state index in [4.69, 9.17) is 20.5 Å². The maximum atomic E-state index is 13.2. The van der Waals surface area contributed by atoms with Crippen LogP contribution < -0.4 is 15.8 Å². The second kappa shape index (κ2) is 11.8. The summed E-state index contributed by atoms with van der Waals surface area (Å²) in [5.74, 6) is -0.863. The first-order valence-electron chi connectivity index (χ1n) is 9.12. The number of nitrogens with two attached hydrogens (primary N) is 1. The molecule has 0 spiro atoms. The van der Waals surface area contributed by atoms with Gasteiger partial charge in [0.05, 0.1) is 18.5 Å². The topological polar surface area (TPSA) is 127 Å².